The maximum absolute atomic E-state index is 11.8. The Bertz CT molecular complexity index is 632. The van der Waals surface area contributed by atoms with Gasteiger partial charge in [0.1, 0.15) is 0 Å². The van der Waals surface area contributed by atoms with Crippen LogP contribution in [-0.4, -0.2) is 22.8 Å². The fourth-order valence-electron chi connectivity index (χ4n) is 1.81. The lowest BCUT2D eigenvalue weighted by Gasteiger charge is -2.01. The van der Waals surface area contributed by atoms with Crippen LogP contribution in [0, 0.1) is 0 Å². The van der Waals surface area contributed by atoms with Crippen molar-refractivity contribution in [3.05, 3.63) is 35.2 Å². The summed E-state index contributed by atoms with van der Waals surface area (Å²) in [5.74, 6) is -0.0189. The highest BCUT2D eigenvalue weighted by atomic mass is 32.1. The summed E-state index contributed by atoms with van der Waals surface area (Å²) >= 11 is 1.34. The molecule has 7 heteroatoms. The van der Waals surface area contributed by atoms with Gasteiger partial charge in [-0.05, 0) is 31.4 Å². The van der Waals surface area contributed by atoms with Crippen LogP contribution in [0.5, 0.6) is 0 Å². The number of amides is 2. The zero-order chi connectivity index (χ0) is 14.7. The van der Waals surface area contributed by atoms with Gasteiger partial charge in [-0.2, -0.15) is 0 Å². The zero-order valence-electron chi connectivity index (χ0n) is 11.3. The number of thiazole rings is 1. The lowest BCUT2D eigenvalue weighted by molar-refractivity contribution is -0.121. The summed E-state index contributed by atoms with van der Waals surface area (Å²) in [5, 5.41) is 7.96. The van der Waals surface area contributed by atoms with Crippen LogP contribution in [0.2, 0.25) is 0 Å². The third-order valence-corrected chi connectivity index (χ3v) is 3.87. The monoisotopic (exact) mass is 305 g/mol. The van der Waals surface area contributed by atoms with Gasteiger partial charge in [0.25, 0.3) is 5.91 Å². The highest BCUT2D eigenvalue weighted by Crippen LogP contribution is 2.20. The number of carbonyl (C=O) groups excluding carboxylic acids is 2. The summed E-state index contributed by atoms with van der Waals surface area (Å²) in [4.78, 5) is 27.7. The lowest BCUT2D eigenvalue weighted by atomic mass is 10.2. The minimum Gasteiger partial charge on any atom is -0.459 e. The second kappa shape index (κ2) is 6.09. The van der Waals surface area contributed by atoms with E-state index in [0.717, 1.165) is 18.5 Å². The number of aryl methyl sites for hydroxylation is 1. The van der Waals surface area contributed by atoms with Crippen LogP contribution in [0.1, 0.15) is 35.5 Å². The molecule has 110 valence electrons. The van der Waals surface area contributed by atoms with E-state index in [1.807, 2.05) is 5.38 Å². The van der Waals surface area contributed by atoms with E-state index in [1.165, 1.54) is 17.6 Å². The molecule has 1 saturated carbocycles. The van der Waals surface area contributed by atoms with Crippen LogP contribution in [-0.2, 0) is 11.2 Å². The highest BCUT2D eigenvalue weighted by molar-refractivity contribution is 7.13. The second-order valence-corrected chi connectivity index (χ2v) is 5.78. The van der Waals surface area contributed by atoms with Crippen molar-refractivity contribution >= 4 is 28.3 Å². The van der Waals surface area contributed by atoms with E-state index in [0.29, 0.717) is 24.0 Å². The van der Waals surface area contributed by atoms with E-state index in [2.05, 4.69) is 15.6 Å². The Morgan fingerprint density at radius 3 is 3.00 bits per heavy atom. The number of aromatic nitrogens is 1. The molecule has 0 radical (unpaired) electrons. The first kappa shape index (κ1) is 13.8. The molecule has 3 rings (SSSR count). The number of hydrogen-bond acceptors (Lipinski definition) is 5. The van der Waals surface area contributed by atoms with Crippen molar-refractivity contribution in [1.29, 1.82) is 0 Å². The first-order valence-electron chi connectivity index (χ1n) is 6.79. The van der Waals surface area contributed by atoms with Gasteiger partial charge in [-0.1, -0.05) is 0 Å². The van der Waals surface area contributed by atoms with E-state index in [9.17, 15) is 9.59 Å². The first-order chi connectivity index (χ1) is 10.2. The van der Waals surface area contributed by atoms with Crippen molar-refractivity contribution in [2.75, 3.05) is 5.32 Å². The molecule has 2 amide bonds. The summed E-state index contributed by atoms with van der Waals surface area (Å²) < 4.78 is 5.01. The molecule has 2 heterocycles. The maximum atomic E-state index is 11.8. The normalized spacial score (nSPS) is 13.9. The molecule has 2 N–H and O–H groups in total. The van der Waals surface area contributed by atoms with Crippen LogP contribution in [0.4, 0.5) is 5.13 Å². The number of nitrogens with zero attached hydrogens (tertiary/aromatic N) is 1. The third kappa shape index (κ3) is 3.91. The Morgan fingerprint density at radius 1 is 1.43 bits per heavy atom. The van der Waals surface area contributed by atoms with Crippen molar-refractivity contribution < 1.29 is 14.0 Å². The SMILES string of the molecule is O=C(CCc1csc(NC(=O)c2ccco2)n1)NC1CC1. The van der Waals surface area contributed by atoms with E-state index in [1.54, 1.807) is 12.1 Å². The van der Waals surface area contributed by atoms with Gasteiger partial charge in [-0.25, -0.2) is 4.98 Å². The van der Waals surface area contributed by atoms with E-state index >= 15 is 0 Å². The molecule has 2 aromatic rings. The van der Waals surface area contributed by atoms with Crippen molar-refractivity contribution in [3.8, 4) is 0 Å². The van der Waals surface area contributed by atoms with Crippen LogP contribution in [0.3, 0.4) is 0 Å². The minimum absolute atomic E-state index is 0.0617. The van der Waals surface area contributed by atoms with Gasteiger partial charge in [-0.3, -0.25) is 14.9 Å². The number of furan rings is 1. The summed E-state index contributed by atoms with van der Waals surface area (Å²) in [5.41, 5.74) is 0.806. The molecular formula is C14H15N3O3S. The molecule has 0 aromatic carbocycles. The molecule has 1 fully saturated rings. The Kier molecular flexibility index (Phi) is 4.01. The number of anilines is 1. The first-order valence-corrected chi connectivity index (χ1v) is 7.67. The predicted octanol–water partition coefficient (Wildman–Crippen LogP) is 2.20. The van der Waals surface area contributed by atoms with E-state index in [-0.39, 0.29) is 17.6 Å². The maximum Gasteiger partial charge on any atom is 0.293 e. The molecule has 6 nitrogen and oxygen atoms in total. The smallest absolute Gasteiger partial charge is 0.293 e. The Morgan fingerprint density at radius 2 is 2.29 bits per heavy atom. The molecule has 1 aliphatic carbocycles. The second-order valence-electron chi connectivity index (χ2n) is 4.92. The van der Waals surface area contributed by atoms with Crippen molar-refractivity contribution in [2.24, 2.45) is 0 Å². The van der Waals surface area contributed by atoms with Gasteiger partial charge in [0.05, 0.1) is 12.0 Å². The molecule has 0 saturated heterocycles. The summed E-state index contributed by atoms with van der Waals surface area (Å²) in [7, 11) is 0. The fraction of sp³-hybridized carbons (Fsp3) is 0.357. The average Bonchev–Trinajstić information content (AvgIpc) is 2.96. The zero-order valence-corrected chi connectivity index (χ0v) is 12.1. The minimum atomic E-state index is -0.327. The van der Waals surface area contributed by atoms with Crippen molar-refractivity contribution in [1.82, 2.24) is 10.3 Å². The molecular weight excluding hydrogens is 290 g/mol. The highest BCUT2D eigenvalue weighted by Gasteiger charge is 2.23. The molecule has 0 bridgehead atoms. The Balaban J connectivity index is 1.48. The summed E-state index contributed by atoms with van der Waals surface area (Å²) in [6.45, 7) is 0. The van der Waals surface area contributed by atoms with Gasteiger partial charge in [0.2, 0.25) is 5.91 Å². The molecule has 1 aliphatic rings. The quantitative estimate of drug-likeness (QED) is 0.857. The van der Waals surface area contributed by atoms with Crippen LogP contribution in [0.25, 0.3) is 0 Å². The summed E-state index contributed by atoms with van der Waals surface area (Å²) in [6.07, 6.45) is 4.62. The number of rotatable bonds is 6. The molecule has 0 aliphatic heterocycles. The lowest BCUT2D eigenvalue weighted by Crippen LogP contribution is -2.25. The van der Waals surface area contributed by atoms with Crippen LogP contribution in [0.15, 0.2) is 28.2 Å². The standard InChI is InChI=1S/C14H15N3O3S/c18-12(15-9-3-4-9)6-5-10-8-21-14(16-10)17-13(19)11-2-1-7-20-11/h1-2,7-9H,3-6H2,(H,15,18)(H,16,17,19). The number of hydrogen-bond donors (Lipinski definition) is 2. The van der Waals surface area contributed by atoms with Gasteiger partial charge in [0, 0.05) is 17.8 Å². The fourth-order valence-corrected chi connectivity index (χ4v) is 2.55. The summed E-state index contributed by atoms with van der Waals surface area (Å²) in [6, 6.07) is 3.63. The Hall–Kier alpha value is -2.15. The molecule has 0 atom stereocenters. The molecule has 21 heavy (non-hydrogen) atoms. The Labute approximate surface area is 125 Å². The van der Waals surface area contributed by atoms with Crippen LogP contribution >= 0.6 is 11.3 Å². The van der Waals surface area contributed by atoms with Gasteiger partial charge >= 0.3 is 0 Å². The van der Waals surface area contributed by atoms with E-state index < -0.39 is 0 Å². The number of carbonyl (C=O) groups is 2. The van der Waals surface area contributed by atoms with Crippen molar-refractivity contribution in [3.63, 3.8) is 0 Å². The third-order valence-electron chi connectivity index (χ3n) is 3.07. The number of nitrogens with one attached hydrogen (secondary N) is 2. The molecule has 2 aromatic heterocycles. The predicted molar refractivity (Wildman–Crippen MR) is 78.3 cm³/mol. The topological polar surface area (TPSA) is 84.2 Å². The van der Waals surface area contributed by atoms with Gasteiger partial charge < -0.3 is 9.73 Å². The largest absolute Gasteiger partial charge is 0.459 e. The van der Waals surface area contributed by atoms with Crippen molar-refractivity contribution in [2.45, 2.75) is 31.7 Å². The van der Waals surface area contributed by atoms with Gasteiger partial charge in [-0.15, -0.1) is 11.3 Å². The molecule has 0 unspecified atom stereocenters. The van der Waals surface area contributed by atoms with E-state index in [4.69, 9.17) is 4.42 Å². The average molecular weight is 305 g/mol. The van der Waals surface area contributed by atoms with Crippen LogP contribution < -0.4 is 10.6 Å². The molecule has 0 spiro atoms. The van der Waals surface area contributed by atoms with Gasteiger partial charge in [0.15, 0.2) is 10.9 Å².